The number of hydrazine groups is 1. The van der Waals surface area contributed by atoms with Crippen LogP contribution in [0, 0.1) is 5.92 Å². The van der Waals surface area contributed by atoms with Gasteiger partial charge in [0.15, 0.2) is 0 Å². The molecule has 7 heteroatoms. The molecule has 0 radical (unpaired) electrons. The predicted molar refractivity (Wildman–Crippen MR) is 110 cm³/mol. The lowest BCUT2D eigenvalue weighted by molar-refractivity contribution is -0.157. The number of methoxy groups -OCH3 is 1. The molecule has 2 aliphatic heterocycles. The lowest BCUT2D eigenvalue weighted by Crippen LogP contribution is -2.68. The van der Waals surface area contributed by atoms with Crippen LogP contribution in [0.2, 0.25) is 0 Å². The zero-order valence-electron chi connectivity index (χ0n) is 17.4. The third-order valence-electron chi connectivity index (χ3n) is 6.56. The van der Waals surface area contributed by atoms with Gasteiger partial charge in [0.25, 0.3) is 0 Å². The minimum atomic E-state index is -0.0904. The number of nitrogens with zero attached hydrogens (tertiary/aromatic N) is 2. The van der Waals surface area contributed by atoms with E-state index in [9.17, 15) is 9.59 Å². The molecular weight excluding hydrogens is 368 g/mol. The van der Waals surface area contributed by atoms with Crippen LogP contribution in [0.15, 0.2) is 24.3 Å². The second-order valence-electron chi connectivity index (χ2n) is 8.37. The van der Waals surface area contributed by atoms with Gasteiger partial charge in [-0.15, -0.1) is 0 Å². The first-order chi connectivity index (χ1) is 14.1. The van der Waals surface area contributed by atoms with Crippen molar-refractivity contribution in [2.75, 3.05) is 20.2 Å². The van der Waals surface area contributed by atoms with E-state index in [-0.39, 0.29) is 35.9 Å². The van der Waals surface area contributed by atoms with Gasteiger partial charge in [0.1, 0.15) is 11.8 Å². The molecular formula is C22H32N4O3. The summed E-state index contributed by atoms with van der Waals surface area (Å²) in [5.74, 6) is 1.08. The summed E-state index contributed by atoms with van der Waals surface area (Å²) in [6, 6.07) is 8.14. The summed E-state index contributed by atoms with van der Waals surface area (Å²) in [4.78, 5) is 28.0. The van der Waals surface area contributed by atoms with Crippen molar-refractivity contribution in [3.05, 3.63) is 29.8 Å². The Bertz CT molecular complexity index is 755. The van der Waals surface area contributed by atoms with Gasteiger partial charge in [-0.1, -0.05) is 19.1 Å². The average Bonchev–Trinajstić information content (AvgIpc) is 3.25. The molecule has 158 valence electrons. The van der Waals surface area contributed by atoms with E-state index in [0.29, 0.717) is 13.1 Å². The predicted octanol–water partition coefficient (Wildman–Crippen LogP) is 1.68. The molecule has 3 aliphatic rings. The molecule has 2 saturated heterocycles. The number of ether oxygens (including phenoxy) is 1. The SMILES string of the molecule is CCCNC(=O)C1CCC2C(C1)N(Cc1cccc(OC)c1)C(=O)C1CCNN12. The number of amides is 2. The Hall–Kier alpha value is -2.12. The zero-order valence-corrected chi connectivity index (χ0v) is 17.4. The second-order valence-corrected chi connectivity index (χ2v) is 8.37. The number of nitrogens with one attached hydrogen (secondary N) is 2. The van der Waals surface area contributed by atoms with Crippen LogP contribution in [0.25, 0.3) is 0 Å². The molecule has 0 spiro atoms. The fourth-order valence-electron chi connectivity index (χ4n) is 5.11. The first-order valence-electron chi connectivity index (χ1n) is 10.8. The molecule has 1 aromatic carbocycles. The van der Waals surface area contributed by atoms with Crippen LogP contribution in [0.1, 0.15) is 44.6 Å². The number of carbonyl (C=O) groups excluding carboxylic acids is 2. The van der Waals surface area contributed by atoms with Crippen LogP contribution < -0.4 is 15.5 Å². The first kappa shape index (κ1) is 20.2. The summed E-state index contributed by atoms with van der Waals surface area (Å²) in [6.45, 7) is 4.18. The van der Waals surface area contributed by atoms with Crippen LogP contribution in [-0.2, 0) is 16.1 Å². The van der Waals surface area contributed by atoms with Gasteiger partial charge in [-0.2, -0.15) is 0 Å². The van der Waals surface area contributed by atoms with Gasteiger partial charge in [0.05, 0.1) is 7.11 Å². The quantitative estimate of drug-likeness (QED) is 0.760. The average molecular weight is 401 g/mol. The number of rotatable bonds is 6. The van der Waals surface area contributed by atoms with Gasteiger partial charge < -0.3 is 15.0 Å². The van der Waals surface area contributed by atoms with Crippen molar-refractivity contribution in [3.8, 4) is 5.75 Å². The lowest BCUT2D eigenvalue weighted by atomic mass is 9.78. The molecule has 1 saturated carbocycles. The topological polar surface area (TPSA) is 73.9 Å². The summed E-state index contributed by atoms with van der Waals surface area (Å²) < 4.78 is 5.36. The molecule has 29 heavy (non-hydrogen) atoms. The van der Waals surface area contributed by atoms with E-state index in [2.05, 4.69) is 22.7 Å². The number of carbonyl (C=O) groups is 2. The maximum absolute atomic E-state index is 13.4. The Kier molecular flexibility index (Phi) is 6.06. The van der Waals surface area contributed by atoms with Crippen molar-refractivity contribution >= 4 is 11.8 Å². The minimum absolute atomic E-state index is 0.0254. The highest BCUT2D eigenvalue weighted by Crippen LogP contribution is 2.38. The number of benzene rings is 1. The van der Waals surface area contributed by atoms with Gasteiger partial charge in [-0.3, -0.25) is 15.0 Å². The van der Waals surface area contributed by atoms with Crippen LogP contribution in [0.5, 0.6) is 5.75 Å². The summed E-state index contributed by atoms with van der Waals surface area (Å²) in [5, 5.41) is 5.24. The van der Waals surface area contributed by atoms with Gasteiger partial charge in [-0.25, -0.2) is 5.01 Å². The Morgan fingerprint density at radius 1 is 1.28 bits per heavy atom. The molecule has 2 N–H and O–H groups in total. The molecule has 2 heterocycles. The highest BCUT2D eigenvalue weighted by molar-refractivity contribution is 5.84. The number of piperazine rings is 1. The highest BCUT2D eigenvalue weighted by atomic mass is 16.5. The number of hydrogen-bond donors (Lipinski definition) is 2. The van der Waals surface area contributed by atoms with Gasteiger partial charge >= 0.3 is 0 Å². The molecule has 4 rings (SSSR count). The van der Waals surface area contributed by atoms with E-state index in [1.807, 2.05) is 29.2 Å². The van der Waals surface area contributed by atoms with Crippen molar-refractivity contribution < 1.29 is 14.3 Å². The van der Waals surface area contributed by atoms with Crippen molar-refractivity contribution in [2.45, 2.75) is 63.7 Å². The third-order valence-corrected chi connectivity index (χ3v) is 6.56. The normalized spacial score (nSPS) is 29.3. The fourth-order valence-corrected chi connectivity index (χ4v) is 5.11. The van der Waals surface area contributed by atoms with Crippen molar-refractivity contribution in [1.29, 1.82) is 0 Å². The van der Waals surface area contributed by atoms with E-state index >= 15 is 0 Å². The number of hydrogen-bond acceptors (Lipinski definition) is 5. The number of fused-ring (bicyclic) bond motifs is 3. The fraction of sp³-hybridized carbons (Fsp3) is 0.636. The Morgan fingerprint density at radius 2 is 2.14 bits per heavy atom. The smallest absolute Gasteiger partial charge is 0.242 e. The van der Waals surface area contributed by atoms with E-state index in [4.69, 9.17) is 4.74 Å². The minimum Gasteiger partial charge on any atom is -0.497 e. The molecule has 4 unspecified atom stereocenters. The largest absolute Gasteiger partial charge is 0.497 e. The molecule has 0 aromatic heterocycles. The second kappa shape index (κ2) is 8.71. The standard InChI is InChI=1S/C22H32N4O3/c1-3-10-23-21(27)16-7-8-18-20(13-16)25(22(28)19-9-11-24-26(18)19)14-15-5-4-6-17(12-15)29-2/h4-6,12,16,18-20,24H,3,7-11,13-14H2,1-2H3,(H,23,27). The Morgan fingerprint density at radius 3 is 2.93 bits per heavy atom. The van der Waals surface area contributed by atoms with Gasteiger partial charge in [0, 0.05) is 37.6 Å². The summed E-state index contributed by atoms with van der Waals surface area (Å²) >= 11 is 0. The monoisotopic (exact) mass is 400 g/mol. The maximum Gasteiger partial charge on any atom is 0.242 e. The summed E-state index contributed by atoms with van der Waals surface area (Å²) in [6.07, 6.45) is 4.31. The highest BCUT2D eigenvalue weighted by Gasteiger charge is 2.51. The van der Waals surface area contributed by atoms with E-state index < -0.39 is 0 Å². The van der Waals surface area contributed by atoms with Crippen LogP contribution >= 0.6 is 0 Å². The molecule has 4 atom stereocenters. The van der Waals surface area contributed by atoms with E-state index in [1.54, 1.807) is 7.11 Å². The zero-order chi connectivity index (χ0) is 20.4. The summed E-state index contributed by atoms with van der Waals surface area (Å²) in [7, 11) is 1.66. The molecule has 2 amide bonds. The van der Waals surface area contributed by atoms with Crippen molar-refractivity contribution in [1.82, 2.24) is 20.7 Å². The molecule has 1 aliphatic carbocycles. The van der Waals surface area contributed by atoms with Crippen LogP contribution in [0.4, 0.5) is 0 Å². The molecule has 1 aromatic rings. The van der Waals surface area contributed by atoms with E-state index in [1.165, 1.54) is 0 Å². The molecule has 3 fully saturated rings. The maximum atomic E-state index is 13.4. The van der Waals surface area contributed by atoms with Crippen molar-refractivity contribution in [2.24, 2.45) is 5.92 Å². The van der Waals surface area contributed by atoms with Gasteiger partial charge in [-0.05, 0) is 49.8 Å². The lowest BCUT2D eigenvalue weighted by Gasteiger charge is -2.51. The molecule has 0 bridgehead atoms. The third kappa shape index (κ3) is 3.98. The summed E-state index contributed by atoms with van der Waals surface area (Å²) in [5.41, 5.74) is 4.50. The van der Waals surface area contributed by atoms with Crippen LogP contribution in [0.3, 0.4) is 0 Å². The van der Waals surface area contributed by atoms with Crippen molar-refractivity contribution in [3.63, 3.8) is 0 Å². The Labute approximate surface area is 172 Å². The van der Waals surface area contributed by atoms with E-state index in [0.717, 1.165) is 50.0 Å². The van der Waals surface area contributed by atoms with Gasteiger partial charge in [0.2, 0.25) is 11.8 Å². The van der Waals surface area contributed by atoms with Crippen LogP contribution in [-0.4, -0.2) is 60.0 Å². The molecule has 7 nitrogen and oxygen atoms in total. The first-order valence-corrected chi connectivity index (χ1v) is 10.8. The Balaban J connectivity index is 1.57.